The van der Waals surface area contributed by atoms with Crippen LogP contribution in [0, 0.1) is 0 Å². The van der Waals surface area contributed by atoms with Crippen molar-refractivity contribution in [3.8, 4) is 5.82 Å². The highest BCUT2D eigenvalue weighted by molar-refractivity contribution is 9.11. The molecule has 7 heteroatoms. The van der Waals surface area contributed by atoms with Crippen LogP contribution in [0.5, 0.6) is 0 Å². The molecule has 5 nitrogen and oxygen atoms in total. The summed E-state index contributed by atoms with van der Waals surface area (Å²) in [6.45, 7) is 0. The summed E-state index contributed by atoms with van der Waals surface area (Å²) in [5.74, 6) is 1.42. The first-order valence-corrected chi connectivity index (χ1v) is 5.69. The van der Waals surface area contributed by atoms with Crippen LogP contribution >= 0.6 is 31.9 Å². The van der Waals surface area contributed by atoms with Crippen molar-refractivity contribution in [1.82, 2.24) is 19.7 Å². The minimum Gasteiger partial charge on any atom is -0.372 e. The number of aromatic nitrogens is 4. The lowest BCUT2D eigenvalue weighted by molar-refractivity contribution is 0.834. The molecule has 2 heterocycles. The predicted octanol–water partition coefficient (Wildman–Crippen LogP) is 2.23. The van der Waals surface area contributed by atoms with Crippen LogP contribution in [0.1, 0.15) is 0 Å². The third kappa shape index (κ3) is 2.03. The van der Waals surface area contributed by atoms with Gasteiger partial charge >= 0.3 is 0 Å². The van der Waals surface area contributed by atoms with E-state index in [0.717, 1.165) is 14.8 Å². The van der Waals surface area contributed by atoms with Gasteiger partial charge in [0.1, 0.15) is 16.6 Å². The molecule has 78 valence electrons. The molecule has 15 heavy (non-hydrogen) atoms. The van der Waals surface area contributed by atoms with Crippen LogP contribution in [-0.4, -0.2) is 26.8 Å². The fourth-order valence-electron chi connectivity index (χ4n) is 1.11. The van der Waals surface area contributed by atoms with Crippen molar-refractivity contribution in [2.75, 3.05) is 12.4 Å². The second-order valence-corrected chi connectivity index (χ2v) is 4.42. The number of anilines is 1. The van der Waals surface area contributed by atoms with E-state index < -0.39 is 0 Å². The van der Waals surface area contributed by atoms with E-state index in [1.54, 1.807) is 17.9 Å². The van der Waals surface area contributed by atoms with Crippen molar-refractivity contribution in [1.29, 1.82) is 0 Å². The molecule has 0 amide bonds. The Morgan fingerprint density at radius 1 is 1.33 bits per heavy atom. The molecule has 0 saturated carbocycles. The zero-order valence-electron chi connectivity index (χ0n) is 7.78. The SMILES string of the molecule is CNc1ncnc(-n2cc(Br)cn2)c1Br. The maximum Gasteiger partial charge on any atom is 0.173 e. The number of hydrogen-bond donors (Lipinski definition) is 1. The Bertz CT molecular complexity index is 482. The Kier molecular flexibility index (Phi) is 3.01. The first kappa shape index (κ1) is 10.6. The first-order chi connectivity index (χ1) is 7.22. The summed E-state index contributed by atoms with van der Waals surface area (Å²) < 4.78 is 3.35. The van der Waals surface area contributed by atoms with Gasteiger partial charge in [-0.25, -0.2) is 14.6 Å². The molecule has 2 aromatic rings. The maximum absolute atomic E-state index is 4.15. The summed E-state index contributed by atoms with van der Waals surface area (Å²) in [5, 5.41) is 7.11. The Morgan fingerprint density at radius 3 is 2.73 bits per heavy atom. The van der Waals surface area contributed by atoms with Gasteiger partial charge in [-0.3, -0.25) is 0 Å². The van der Waals surface area contributed by atoms with E-state index in [0.29, 0.717) is 5.82 Å². The molecule has 0 aliphatic rings. The number of nitrogens with zero attached hydrogens (tertiary/aromatic N) is 4. The molecule has 0 atom stereocenters. The Labute approximate surface area is 103 Å². The summed E-state index contributed by atoms with van der Waals surface area (Å²) in [7, 11) is 1.80. The summed E-state index contributed by atoms with van der Waals surface area (Å²) in [6, 6.07) is 0. The number of rotatable bonds is 2. The van der Waals surface area contributed by atoms with Crippen LogP contribution in [0.4, 0.5) is 5.82 Å². The fourth-order valence-corrected chi connectivity index (χ4v) is 1.98. The molecule has 0 spiro atoms. The minimum absolute atomic E-state index is 0.694. The lowest BCUT2D eigenvalue weighted by atomic mass is 10.5. The molecule has 0 unspecified atom stereocenters. The van der Waals surface area contributed by atoms with Crippen molar-refractivity contribution in [2.45, 2.75) is 0 Å². The van der Waals surface area contributed by atoms with Gasteiger partial charge < -0.3 is 5.32 Å². The summed E-state index contributed by atoms with van der Waals surface area (Å²) in [6.07, 6.45) is 5.02. The van der Waals surface area contributed by atoms with Crippen molar-refractivity contribution < 1.29 is 0 Å². The lowest BCUT2D eigenvalue weighted by Crippen LogP contribution is -2.03. The standard InChI is InChI=1S/C8H7Br2N5/c1-11-7-6(10)8(13-4-12-7)15-3-5(9)2-14-15/h2-4H,1H3,(H,11,12,13). The van der Waals surface area contributed by atoms with Crippen molar-refractivity contribution in [3.63, 3.8) is 0 Å². The van der Waals surface area contributed by atoms with Gasteiger partial charge in [-0.1, -0.05) is 0 Å². The Balaban J connectivity index is 2.53. The molecule has 0 bridgehead atoms. The molecule has 0 fully saturated rings. The first-order valence-electron chi connectivity index (χ1n) is 4.11. The molecule has 0 aliphatic carbocycles. The minimum atomic E-state index is 0.694. The van der Waals surface area contributed by atoms with Crippen LogP contribution in [0.3, 0.4) is 0 Å². The smallest absolute Gasteiger partial charge is 0.173 e. The zero-order chi connectivity index (χ0) is 10.8. The van der Waals surface area contributed by atoms with Gasteiger partial charge in [-0.2, -0.15) is 5.10 Å². The molecule has 1 N–H and O–H groups in total. The summed E-state index contributed by atoms with van der Waals surface area (Å²) in [5.41, 5.74) is 0. The molecule has 2 aromatic heterocycles. The van der Waals surface area contributed by atoms with Gasteiger partial charge in [0.15, 0.2) is 5.82 Å². The number of hydrogen-bond acceptors (Lipinski definition) is 4. The highest BCUT2D eigenvalue weighted by Crippen LogP contribution is 2.25. The van der Waals surface area contributed by atoms with E-state index in [1.807, 2.05) is 6.20 Å². The van der Waals surface area contributed by atoms with Crippen molar-refractivity contribution in [2.24, 2.45) is 0 Å². The lowest BCUT2D eigenvalue weighted by Gasteiger charge is -2.06. The Morgan fingerprint density at radius 2 is 2.13 bits per heavy atom. The van der Waals surface area contributed by atoms with Gasteiger partial charge in [0, 0.05) is 13.2 Å². The van der Waals surface area contributed by atoms with Gasteiger partial charge in [0.05, 0.1) is 10.7 Å². The van der Waals surface area contributed by atoms with E-state index in [1.165, 1.54) is 6.33 Å². The molecular formula is C8H7Br2N5. The van der Waals surface area contributed by atoms with E-state index in [9.17, 15) is 0 Å². The molecule has 2 rings (SSSR count). The maximum atomic E-state index is 4.15. The molecule has 0 aliphatic heterocycles. The average molecular weight is 333 g/mol. The summed E-state index contributed by atoms with van der Waals surface area (Å²) >= 11 is 6.76. The predicted molar refractivity (Wildman–Crippen MR) is 64.1 cm³/mol. The van der Waals surface area contributed by atoms with E-state index >= 15 is 0 Å². The molecule has 0 saturated heterocycles. The second kappa shape index (κ2) is 4.28. The quantitative estimate of drug-likeness (QED) is 0.916. The zero-order valence-corrected chi connectivity index (χ0v) is 10.9. The molecule has 0 aromatic carbocycles. The van der Waals surface area contributed by atoms with Crippen molar-refractivity contribution in [3.05, 3.63) is 27.7 Å². The van der Waals surface area contributed by atoms with Crippen LogP contribution in [0.15, 0.2) is 27.7 Å². The largest absolute Gasteiger partial charge is 0.372 e. The van der Waals surface area contributed by atoms with Gasteiger partial charge in [-0.05, 0) is 31.9 Å². The summed E-state index contributed by atoms with van der Waals surface area (Å²) in [4.78, 5) is 8.22. The third-order valence-corrected chi connectivity index (χ3v) is 2.92. The van der Waals surface area contributed by atoms with E-state index in [2.05, 4.69) is 52.2 Å². The van der Waals surface area contributed by atoms with Crippen LogP contribution in [-0.2, 0) is 0 Å². The van der Waals surface area contributed by atoms with Gasteiger partial charge in [-0.15, -0.1) is 0 Å². The number of halogens is 2. The van der Waals surface area contributed by atoms with Gasteiger partial charge in [0.2, 0.25) is 0 Å². The van der Waals surface area contributed by atoms with E-state index in [-0.39, 0.29) is 0 Å². The van der Waals surface area contributed by atoms with Gasteiger partial charge in [0.25, 0.3) is 0 Å². The second-order valence-electron chi connectivity index (χ2n) is 2.71. The van der Waals surface area contributed by atoms with E-state index in [4.69, 9.17) is 0 Å². The normalized spacial score (nSPS) is 10.3. The fraction of sp³-hybridized carbons (Fsp3) is 0.125. The Hall–Kier alpha value is -0.950. The number of nitrogens with one attached hydrogen (secondary N) is 1. The molecule has 0 radical (unpaired) electrons. The third-order valence-electron chi connectivity index (χ3n) is 1.78. The van der Waals surface area contributed by atoms with Crippen LogP contribution < -0.4 is 5.32 Å². The highest BCUT2D eigenvalue weighted by atomic mass is 79.9. The average Bonchev–Trinajstić information content (AvgIpc) is 2.65. The highest BCUT2D eigenvalue weighted by Gasteiger charge is 2.09. The van der Waals surface area contributed by atoms with Crippen LogP contribution in [0.25, 0.3) is 5.82 Å². The van der Waals surface area contributed by atoms with Crippen LogP contribution in [0.2, 0.25) is 0 Å². The topological polar surface area (TPSA) is 55.6 Å². The van der Waals surface area contributed by atoms with Crippen molar-refractivity contribution >= 4 is 37.7 Å². The molecular weight excluding hydrogens is 326 g/mol. The monoisotopic (exact) mass is 331 g/mol.